The Morgan fingerprint density at radius 3 is 0.830 bits per heavy atom. The predicted octanol–water partition coefficient (Wildman–Crippen LogP) is 11.3. The van der Waals surface area contributed by atoms with Gasteiger partial charge in [0.25, 0.3) is 0 Å². The van der Waals surface area contributed by atoms with Crippen molar-refractivity contribution in [1.82, 2.24) is 0 Å². The Hall–Kier alpha value is -3.30. The normalized spacial score (nSPS) is 16.5. The zero-order valence-corrected chi connectivity index (χ0v) is 33.1. The SMILES string of the molecule is C[C@@H]([C]1[CH][CH][CH][C]1P(c1ccccc1)c1ccccc1)c1ccccc1.C[C@@H]([C]1[CH][CH][CH][C]1P(c1ccccc1)c1ccccc1)c1ccccc1.[Fe]. The third-order valence-corrected chi connectivity index (χ3v) is 14.8. The molecule has 0 nitrogen and oxygen atoms in total. The van der Waals surface area contributed by atoms with Gasteiger partial charge in [-0.05, 0) is 110 Å². The molecule has 2 fully saturated rings. The third kappa shape index (κ3) is 9.69. The van der Waals surface area contributed by atoms with Gasteiger partial charge in [0.1, 0.15) is 0 Å². The second-order valence-corrected chi connectivity index (χ2v) is 17.4. The van der Waals surface area contributed by atoms with E-state index in [9.17, 15) is 0 Å². The number of hydrogen-bond donors (Lipinski definition) is 0. The quantitative estimate of drug-likeness (QED) is 0.0963. The average molecular weight is 763 g/mol. The summed E-state index contributed by atoms with van der Waals surface area (Å²) in [6.07, 6.45) is 13.7. The van der Waals surface area contributed by atoms with E-state index in [1.54, 1.807) is 0 Å². The first kappa shape index (κ1) is 39.4. The van der Waals surface area contributed by atoms with Gasteiger partial charge in [-0.3, -0.25) is 0 Å². The van der Waals surface area contributed by atoms with Crippen LogP contribution in [0.1, 0.15) is 36.8 Å². The minimum absolute atomic E-state index is 0. The summed E-state index contributed by atoms with van der Waals surface area (Å²) in [5.74, 6) is 3.65. The van der Waals surface area contributed by atoms with Crippen molar-refractivity contribution in [3.8, 4) is 0 Å². The summed E-state index contributed by atoms with van der Waals surface area (Å²) in [6, 6.07) is 65.3. The van der Waals surface area contributed by atoms with Gasteiger partial charge in [-0.25, -0.2) is 0 Å². The van der Waals surface area contributed by atoms with Crippen LogP contribution < -0.4 is 21.2 Å². The van der Waals surface area contributed by atoms with Crippen molar-refractivity contribution in [3.05, 3.63) is 255 Å². The summed E-state index contributed by atoms with van der Waals surface area (Å²) in [6.45, 7) is 4.63. The molecule has 6 aromatic rings. The van der Waals surface area contributed by atoms with Crippen molar-refractivity contribution in [2.75, 3.05) is 0 Å². The molecule has 0 heterocycles. The topological polar surface area (TPSA) is 0 Å². The van der Waals surface area contributed by atoms with Gasteiger partial charge in [-0.15, -0.1) is 0 Å². The molecule has 0 aromatic heterocycles. The first-order chi connectivity index (χ1) is 25.7. The van der Waals surface area contributed by atoms with E-state index in [-0.39, 0.29) is 17.1 Å². The molecule has 2 saturated carbocycles. The Bertz CT molecular complexity index is 1670. The standard InChI is InChI=1S/2C25H22P.Fe/c2*1-20(21-12-5-2-6-13-21)24-18-11-19-25(24)26(22-14-7-3-8-15-22)23-16-9-4-10-17-23;/h2*2-20H,1H3;/t2*20-;/m11./s1. The summed E-state index contributed by atoms with van der Waals surface area (Å²) in [4.78, 5) is 0. The molecule has 0 unspecified atom stereocenters. The predicted molar refractivity (Wildman–Crippen MR) is 227 cm³/mol. The molecule has 8 rings (SSSR count). The maximum atomic E-state index is 2.32. The van der Waals surface area contributed by atoms with E-state index in [1.165, 1.54) is 55.5 Å². The van der Waals surface area contributed by atoms with Crippen molar-refractivity contribution < 1.29 is 17.1 Å². The molecule has 2 atom stereocenters. The second kappa shape index (κ2) is 19.9. The molecule has 2 aliphatic rings. The van der Waals surface area contributed by atoms with Gasteiger partial charge in [0.05, 0.1) is 0 Å². The van der Waals surface area contributed by atoms with Crippen LogP contribution in [0, 0.1) is 61.7 Å². The van der Waals surface area contributed by atoms with Gasteiger partial charge in [-0.2, -0.15) is 0 Å². The van der Waals surface area contributed by atoms with E-state index in [0.717, 1.165) is 0 Å². The number of benzene rings is 6. The molecule has 0 N–H and O–H groups in total. The van der Waals surface area contributed by atoms with Crippen molar-refractivity contribution in [3.63, 3.8) is 0 Å². The van der Waals surface area contributed by atoms with E-state index in [0.29, 0.717) is 11.8 Å². The molecular formula is C50H44FeP2. The maximum absolute atomic E-state index is 2.32. The fourth-order valence-electron chi connectivity index (χ4n) is 6.99. The van der Waals surface area contributed by atoms with Crippen LogP contribution in [-0.2, 0) is 17.1 Å². The Kier molecular flexibility index (Phi) is 14.8. The van der Waals surface area contributed by atoms with E-state index >= 15 is 0 Å². The van der Waals surface area contributed by atoms with Gasteiger partial charge >= 0.3 is 0 Å². The molecule has 6 aromatic carbocycles. The molecule has 0 bridgehead atoms. The second-order valence-electron chi connectivity index (χ2n) is 13.0. The summed E-state index contributed by atoms with van der Waals surface area (Å²) in [5.41, 5.74) is 5.68. The van der Waals surface area contributed by atoms with Crippen LogP contribution in [0.25, 0.3) is 0 Å². The van der Waals surface area contributed by atoms with Gasteiger partial charge in [0.15, 0.2) is 0 Å². The van der Waals surface area contributed by atoms with E-state index in [1.807, 2.05) is 0 Å². The molecule has 262 valence electrons. The number of rotatable bonds is 10. The van der Waals surface area contributed by atoms with Crippen molar-refractivity contribution in [1.29, 1.82) is 0 Å². The fraction of sp³-hybridized carbons (Fsp3) is 0.0800. The molecule has 0 saturated heterocycles. The molecule has 0 aliphatic heterocycles. The third-order valence-electron chi connectivity index (χ3n) is 9.72. The monoisotopic (exact) mass is 762 g/mol. The maximum Gasteiger partial charge on any atom is 0.0201 e. The van der Waals surface area contributed by atoms with Gasteiger partial charge < -0.3 is 0 Å². The van der Waals surface area contributed by atoms with Crippen LogP contribution in [0.5, 0.6) is 0 Å². The Morgan fingerprint density at radius 1 is 0.321 bits per heavy atom. The van der Waals surface area contributed by atoms with E-state index < -0.39 is 15.8 Å². The van der Waals surface area contributed by atoms with E-state index in [4.69, 9.17) is 0 Å². The summed E-state index contributed by atoms with van der Waals surface area (Å²) in [5, 5.41) is 5.62. The molecule has 53 heavy (non-hydrogen) atoms. The molecule has 10 radical (unpaired) electrons. The summed E-state index contributed by atoms with van der Waals surface area (Å²) < 4.78 is 0. The minimum atomic E-state index is -0.553. The van der Waals surface area contributed by atoms with Crippen LogP contribution in [0.4, 0.5) is 0 Å². The summed E-state index contributed by atoms with van der Waals surface area (Å²) in [7, 11) is -1.11. The van der Waals surface area contributed by atoms with Crippen LogP contribution in [0.15, 0.2) is 182 Å². The van der Waals surface area contributed by atoms with Crippen LogP contribution in [0.2, 0.25) is 0 Å². The van der Waals surface area contributed by atoms with Gasteiger partial charge in [0, 0.05) is 28.4 Å². The average Bonchev–Trinajstić information content (AvgIpc) is 3.91. The zero-order valence-electron chi connectivity index (χ0n) is 30.2. The van der Waals surface area contributed by atoms with Crippen molar-refractivity contribution in [2.24, 2.45) is 0 Å². The molecule has 2 aliphatic carbocycles. The van der Waals surface area contributed by atoms with Crippen LogP contribution in [-0.4, -0.2) is 0 Å². The molecular weight excluding hydrogens is 718 g/mol. The zero-order chi connectivity index (χ0) is 35.5. The Balaban J connectivity index is 0.000000178. The Labute approximate surface area is 332 Å². The first-order valence-electron chi connectivity index (χ1n) is 18.1. The molecule has 0 spiro atoms. The fourth-order valence-corrected chi connectivity index (χ4v) is 12.1. The van der Waals surface area contributed by atoms with Crippen molar-refractivity contribution in [2.45, 2.75) is 25.7 Å². The first-order valence-corrected chi connectivity index (χ1v) is 20.8. The Morgan fingerprint density at radius 2 is 0.566 bits per heavy atom. The molecule has 0 amide bonds. The van der Waals surface area contributed by atoms with E-state index in [2.05, 4.69) is 234 Å². The molecule has 3 heteroatoms. The van der Waals surface area contributed by atoms with Crippen molar-refractivity contribution >= 4 is 37.1 Å². The van der Waals surface area contributed by atoms with Crippen LogP contribution >= 0.6 is 15.8 Å². The van der Waals surface area contributed by atoms with Gasteiger partial charge in [-0.1, -0.05) is 196 Å². The summed E-state index contributed by atoms with van der Waals surface area (Å²) >= 11 is 0. The minimum Gasteiger partial charge on any atom is -0.0622 e. The van der Waals surface area contributed by atoms with Crippen LogP contribution in [0.3, 0.4) is 0 Å². The number of hydrogen-bond acceptors (Lipinski definition) is 0. The smallest absolute Gasteiger partial charge is 0.0201 e. The largest absolute Gasteiger partial charge is 0.0622 e. The van der Waals surface area contributed by atoms with Gasteiger partial charge in [0.2, 0.25) is 0 Å².